The number of allylic oxidation sites excluding steroid dienone is 1. The molecule has 37 heavy (non-hydrogen) atoms. The number of hydrogen-bond acceptors (Lipinski definition) is 11. The normalized spacial score (nSPS) is 35.3. The van der Waals surface area contributed by atoms with Crippen molar-refractivity contribution in [1.29, 1.82) is 0 Å². The van der Waals surface area contributed by atoms with Gasteiger partial charge in [0.15, 0.2) is 0 Å². The van der Waals surface area contributed by atoms with E-state index in [1.54, 1.807) is 26.8 Å². The fourth-order valence-corrected chi connectivity index (χ4v) is 5.32. The number of esters is 5. The molecule has 0 unspecified atom stereocenters. The van der Waals surface area contributed by atoms with E-state index in [0.717, 1.165) is 0 Å². The van der Waals surface area contributed by atoms with Gasteiger partial charge in [0.05, 0.1) is 18.3 Å². The summed E-state index contributed by atoms with van der Waals surface area (Å²) in [5, 5.41) is 0. The van der Waals surface area contributed by atoms with E-state index in [2.05, 4.69) is 6.58 Å². The van der Waals surface area contributed by atoms with Gasteiger partial charge in [-0.05, 0) is 27.2 Å². The Morgan fingerprint density at radius 2 is 1.73 bits per heavy atom. The van der Waals surface area contributed by atoms with Gasteiger partial charge in [0.1, 0.15) is 30.5 Å². The minimum absolute atomic E-state index is 0.0233. The summed E-state index contributed by atoms with van der Waals surface area (Å²) in [6.07, 6.45) is -1.21. The van der Waals surface area contributed by atoms with E-state index in [9.17, 15) is 24.0 Å². The smallest absolute Gasteiger partial charge is 0.334 e. The molecule has 0 spiro atoms. The molecule has 0 saturated carbocycles. The molecule has 0 N–H and O–H groups in total. The number of fused-ring (bicyclic) bond motifs is 3. The van der Waals surface area contributed by atoms with Gasteiger partial charge in [0, 0.05) is 38.3 Å². The van der Waals surface area contributed by atoms with Crippen LogP contribution in [0.3, 0.4) is 0 Å². The molecule has 3 aliphatic heterocycles. The van der Waals surface area contributed by atoms with E-state index in [-0.39, 0.29) is 31.4 Å². The summed E-state index contributed by atoms with van der Waals surface area (Å²) in [4.78, 5) is 61.4. The lowest BCUT2D eigenvalue weighted by Crippen LogP contribution is -2.47. The van der Waals surface area contributed by atoms with Gasteiger partial charge in [-0.1, -0.05) is 12.7 Å². The maximum absolute atomic E-state index is 12.8. The Bertz CT molecular complexity index is 1030. The van der Waals surface area contributed by atoms with Crippen LogP contribution >= 0.6 is 0 Å². The summed E-state index contributed by atoms with van der Waals surface area (Å²) in [7, 11) is 0. The highest BCUT2D eigenvalue weighted by molar-refractivity contribution is 5.91. The molecule has 3 saturated heterocycles. The Kier molecular flexibility index (Phi) is 8.16. The molecule has 0 radical (unpaired) electrons. The van der Waals surface area contributed by atoms with Crippen molar-refractivity contribution in [2.75, 3.05) is 6.61 Å². The minimum atomic E-state index is -1.69. The number of ether oxygens (including phenoxy) is 6. The van der Waals surface area contributed by atoms with Crippen LogP contribution in [-0.2, 0) is 52.4 Å². The van der Waals surface area contributed by atoms with E-state index >= 15 is 0 Å². The highest BCUT2D eigenvalue weighted by atomic mass is 16.7. The predicted molar refractivity (Wildman–Crippen MR) is 125 cm³/mol. The summed E-state index contributed by atoms with van der Waals surface area (Å²) in [5.41, 5.74) is -0.868. The van der Waals surface area contributed by atoms with Crippen LogP contribution in [0.25, 0.3) is 0 Å². The van der Waals surface area contributed by atoms with E-state index in [1.807, 2.05) is 0 Å². The van der Waals surface area contributed by atoms with Crippen molar-refractivity contribution in [3.05, 3.63) is 23.8 Å². The SMILES string of the molecule is C=C1C(=O)O[C@@H]2C[C@H](COC(C)=O)[C@]3(OC(C)=O)C[C@H](OC(C)=O)[C@](C)(C[C@@H](OC(=O)/C(C)=C\C)[C@@H]12)O3. The zero-order valence-corrected chi connectivity index (χ0v) is 22.0. The van der Waals surface area contributed by atoms with Gasteiger partial charge in [-0.2, -0.15) is 0 Å². The Morgan fingerprint density at radius 1 is 1.05 bits per heavy atom. The van der Waals surface area contributed by atoms with Crippen LogP contribution in [0.4, 0.5) is 0 Å². The third-order valence-corrected chi connectivity index (χ3v) is 7.15. The quantitative estimate of drug-likeness (QED) is 0.288. The van der Waals surface area contributed by atoms with Gasteiger partial charge >= 0.3 is 29.8 Å². The summed E-state index contributed by atoms with van der Waals surface area (Å²) in [5.74, 6) is -6.37. The third kappa shape index (κ3) is 5.87. The van der Waals surface area contributed by atoms with Crippen molar-refractivity contribution in [1.82, 2.24) is 0 Å². The molecule has 0 aliphatic carbocycles. The molecular formula is C26H34O11. The Hall–Kier alpha value is -3.21. The van der Waals surface area contributed by atoms with Crippen LogP contribution in [0.2, 0.25) is 0 Å². The van der Waals surface area contributed by atoms with Crippen LogP contribution < -0.4 is 0 Å². The molecule has 0 amide bonds. The lowest BCUT2D eigenvalue weighted by atomic mass is 9.77. The molecule has 7 atom stereocenters. The predicted octanol–water partition coefficient (Wildman–Crippen LogP) is 2.31. The number of carbonyl (C=O) groups excluding carboxylic acids is 5. The maximum Gasteiger partial charge on any atom is 0.334 e. The number of rotatable bonds is 6. The molecule has 2 bridgehead atoms. The van der Waals surface area contributed by atoms with Gasteiger partial charge in [0.25, 0.3) is 0 Å². The van der Waals surface area contributed by atoms with Crippen LogP contribution in [0.5, 0.6) is 0 Å². The molecule has 3 fully saturated rings. The van der Waals surface area contributed by atoms with Gasteiger partial charge in [-0.25, -0.2) is 9.59 Å². The average molecular weight is 523 g/mol. The third-order valence-electron chi connectivity index (χ3n) is 7.15. The summed E-state index contributed by atoms with van der Waals surface area (Å²) < 4.78 is 34.6. The maximum atomic E-state index is 12.8. The standard InChI is InChI=1S/C26H34O11/c1-8-13(2)23(30)35-20-10-25(7)21(33-16(5)28)11-26(37-25,36-17(6)29)18(12-32-15(4)27)9-19-22(20)14(3)24(31)34-19/h8,18-22H,3,9-12H2,1-2,4-7H3/b13-8-/t18-,19-,20-,21+,22+,25+,26+/m1/s1. The second kappa shape index (κ2) is 10.6. The Labute approximate surface area is 215 Å². The number of carbonyl (C=O) groups is 5. The van der Waals surface area contributed by atoms with Crippen LogP contribution in [0.1, 0.15) is 60.8 Å². The van der Waals surface area contributed by atoms with Crippen LogP contribution in [-0.4, -0.2) is 66.2 Å². The molecule has 11 nitrogen and oxygen atoms in total. The van der Waals surface area contributed by atoms with E-state index < -0.39 is 71.4 Å². The van der Waals surface area contributed by atoms with E-state index in [4.69, 9.17) is 28.4 Å². The fraction of sp³-hybridized carbons (Fsp3) is 0.654. The monoisotopic (exact) mass is 522 g/mol. The van der Waals surface area contributed by atoms with Crippen molar-refractivity contribution in [3.8, 4) is 0 Å². The van der Waals surface area contributed by atoms with Crippen molar-refractivity contribution < 1.29 is 52.4 Å². The summed E-state index contributed by atoms with van der Waals surface area (Å²) in [6, 6.07) is 0. The van der Waals surface area contributed by atoms with E-state index in [1.165, 1.54) is 20.8 Å². The summed E-state index contributed by atoms with van der Waals surface area (Å²) >= 11 is 0. The molecule has 3 aliphatic rings. The lowest BCUT2D eigenvalue weighted by molar-refractivity contribution is -0.273. The first kappa shape index (κ1) is 28.4. The van der Waals surface area contributed by atoms with Gasteiger partial charge in [-0.3, -0.25) is 14.4 Å². The second-order valence-corrected chi connectivity index (χ2v) is 9.97. The van der Waals surface area contributed by atoms with Gasteiger partial charge in [0.2, 0.25) is 5.79 Å². The minimum Gasteiger partial charge on any atom is -0.465 e. The summed E-state index contributed by atoms with van der Waals surface area (Å²) in [6.45, 7) is 12.3. The first-order chi connectivity index (χ1) is 17.2. The zero-order chi connectivity index (χ0) is 27.7. The van der Waals surface area contributed by atoms with Crippen molar-refractivity contribution in [2.45, 2.75) is 90.5 Å². The largest absolute Gasteiger partial charge is 0.465 e. The van der Waals surface area contributed by atoms with Crippen LogP contribution in [0, 0.1) is 11.8 Å². The van der Waals surface area contributed by atoms with Crippen LogP contribution in [0.15, 0.2) is 23.8 Å². The molecule has 0 aromatic heterocycles. The van der Waals surface area contributed by atoms with Crippen molar-refractivity contribution in [3.63, 3.8) is 0 Å². The Balaban J connectivity index is 2.16. The highest BCUT2D eigenvalue weighted by Gasteiger charge is 2.65. The van der Waals surface area contributed by atoms with Gasteiger partial charge < -0.3 is 28.4 Å². The molecule has 0 aromatic carbocycles. The average Bonchev–Trinajstić information content (AvgIpc) is 3.21. The molecule has 204 valence electrons. The molecule has 11 heteroatoms. The van der Waals surface area contributed by atoms with Crippen molar-refractivity contribution in [2.24, 2.45) is 11.8 Å². The first-order valence-electron chi connectivity index (χ1n) is 12.2. The molecule has 3 heterocycles. The highest BCUT2D eigenvalue weighted by Crippen LogP contribution is 2.52. The lowest BCUT2D eigenvalue weighted by Gasteiger charge is -2.37. The molecule has 3 rings (SSSR count). The Morgan fingerprint density at radius 3 is 2.30 bits per heavy atom. The van der Waals surface area contributed by atoms with Gasteiger partial charge in [-0.15, -0.1) is 0 Å². The van der Waals surface area contributed by atoms with Crippen molar-refractivity contribution >= 4 is 29.8 Å². The fourth-order valence-electron chi connectivity index (χ4n) is 5.32. The second-order valence-electron chi connectivity index (χ2n) is 9.97. The van der Waals surface area contributed by atoms with E-state index in [0.29, 0.717) is 5.57 Å². The topological polar surface area (TPSA) is 141 Å². The molecule has 0 aromatic rings. The number of hydrogen-bond donors (Lipinski definition) is 0. The zero-order valence-electron chi connectivity index (χ0n) is 22.0. The molecular weight excluding hydrogens is 488 g/mol. The first-order valence-corrected chi connectivity index (χ1v) is 12.2.